The Hall–Kier alpha value is -1.40. The van der Waals surface area contributed by atoms with Crippen LogP contribution in [0.2, 0.25) is 0 Å². The first-order valence-corrected chi connectivity index (χ1v) is 7.21. The highest BCUT2D eigenvalue weighted by molar-refractivity contribution is 5.86. The molecule has 6 nitrogen and oxygen atoms in total. The van der Waals surface area contributed by atoms with Gasteiger partial charge in [-0.3, -0.25) is 15.0 Å². The van der Waals surface area contributed by atoms with Crippen LogP contribution in [0.1, 0.15) is 6.42 Å². The molecule has 6 heteroatoms. The van der Waals surface area contributed by atoms with Gasteiger partial charge in [0.2, 0.25) is 5.91 Å². The molecule has 20 heavy (non-hydrogen) atoms. The highest BCUT2D eigenvalue weighted by Gasteiger charge is 2.51. The van der Waals surface area contributed by atoms with E-state index >= 15 is 0 Å². The van der Waals surface area contributed by atoms with Crippen LogP contribution in [0.25, 0.3) is 0 Å². The summed E-state index contributed by atoms with van der Waals surface area (Å²) in [6.07, 6.45) is 4.78. The van der Waals surface area contributed by atoms with Gasteiger partial charge in [-0.05, 0) is 25.3 Å². The Morgan fingerprint density at radius 1 is 1.10 bits per heavy atom. The molecule has 1 amide bonds. The topological polar surface area (TPSA) is 72.9 Å². The fourth-order valence-corrected chi connectivity index (χ4v) is 3.66. The summed E-state index contributed by atoms with van der Waals surface area (Å²) in [6.45, 7) is 3.41. The standard InChI is InChI=1S/C14H21N3O3/c1-16-4-6-17(7-5-16)15-13(18)11-9-2-3-10(8-9)12(11)14(19)20/h2-3,9-12H,4-8H2,1H3,(H,15,18)(H,19,20)/t9-,10+,11-,12+/m1/s1. The number of nitrogens with zero attached hydrogens (tertiary/aromatic N) is 2. The number of carbonyl (C=O) groups excluding carboxylic acids is 1. The summed E-state index contributed by atoms with van der Waals surface area (Å²) in [7, 11) is 2.06. The average Bonchev–Trinajstić information content (AvgIpc) is 3.01. The molecule has 0 radical (unpaired) electrons. The van der Waals surface area contributed by atoms with E-state index in [0.717, 1.165) is 32.6 Å². The molecular formula is C14H21N3O3. The van der Waals surface area contributed by atoms with Gasteiger partial charge >= 0.3 is 5.97 Å². The normalized spacial score (nSPS) is 37.2. The Bertz CT molecular complexity index is 443. The van der Waals surface area contributed by atoms with Gasteiger partial charge in [-0.2, -0.15) is 0 Å². The van der Waals surface area contributed by atoms with Gasteiger partial charge in [0.15, 0.2) is 0 Å². The zero-order valence-electron chi connectivity index (χ0n) is 11.7. The molecule has 1 aliphatic heterocycles. The third-order valence-electron chi connectivity index (χ3n) is 4.82. The van der Waals surface area contributed by atoms with Crippen molar-refractivity contribution in [3.05, 3.63) is 12.2 Å². The number of piperazine rings is 1. The summed E-state index contributed by atoms with van der Waals surface area (Å²) >= 11 is 0. The number of carboxylic acids is 1. The van der Waals surface area contributed by atoms with Crippen molar-refractivity contribution in [1.29, 1.82) is 0 Å². The van der Waals surface area contributed by atoms with Gasteiger partial charge < -0.3 is 10.0 Å². The third kappa shape index (κ3) is 2.33. The summed E-state index contributed by atoms with van der Waals surface area (Å²) in [5, 5.41) is 11.3. The SMILES string of the molecule is CN1CCN(NC(=O)[C@H]2[C@@H](C(=O)O)[C@H]3C=C[C@@H]2C3)CC1. The summed E-state index contributed by atoms with van der Waals surface area (Å²) in [4.78, 5) is 26.1. The van der Waals surface area contributed by atoms with Gasteiger partial charge in [0.25, 0.3) is 0 Å². The van der Waals surface area contributed by atoms with E-state index in [4.69, 9.17) is 0 Å². The number of likely N-dealkylation sites (N-methyl/N-ethyl adjacent to an activating group) is 1. The van der Waals surface area contributed by atoms with Crippen LogP contribution >= 0.6 is 0 Å². The minimum atomic E-state index is -0.847. The van der Waals surface area contributed by atoms with Gasteiger partial charge in [0.05, 0.1) is 11.8 Å². The van der Waals surface area contributed by atoms with E-state index in [1.807, 2.05) is 17.2 Å². The molecule has 1 saturated carbocycles. The molecule has 2 N–H and O–H groups in total. The van der Waals surface area contributed by atoms with Crippen LogP contribution < -0.4 is 5.43 Å². The first-order valence-electron chi connectivity index (χ1n) is 7.21. The number of allylic oxidation sites excluding steroid dienone is 2. The maximum atomic E-state index is 12.4. The fraction of sp³-hybridized carbons (Fsp3) is 0.714. The number of nitrogens with one attached hydrogen (secondary N) is 1. The summed E-state index contributed by atoms with van der Waals surface area (Å²) in [5.41, 5.74) is 2.92. The molecule has 0 aromatic carbocycles. The highest BCUT2D eigenvalue weighted by Crippen LogP contribution is 2.48. The molecule has 0 aromatic heterocycles. The number of carbonyl (C=O) groups is 2. The quantitative estimate of drug-likeness (QED) is 0.699. The summed E-state index contributed by atoms with van der Waals surface area (Å²) < 4.78 is 0. The average molecular weight is 279 g/mol. The van der Waals surface area contributed by atoms with E-state index in [1.54, 1.807) is 0 Å². The molecule has 2 aliphatic carbocycles. The second kappa shape index (κ2) is 5.18. The van der Waals surface area contributed by atoms with Crippen LogP contribution in [0.15, 0.2) is 12.2 Å². The molecule has 4 atom stereocenters. The van der Waals surface area contributed by atoms with Crippen LogP contribution in [0, 0.1) is 23.7 Å². The number of amides is 1. The van der Waals surface area contributed by atoms with Gasteiger partial charge in [0.1, 0.15) is 0 Å². The number of fused-ring (bicyclic) bond motifs is 2. The Morgan fingerprint density at radius 2 is 1.70 bits per heavy atom. The molecule has 2 fully saturated rings. The van der Waals surface area contributed by atoms with Crippen molar-refractivity contribution in [1.82, 2.24) is 15.3 Å². The Morgan fingerprint density at radius 3 is 2.30 bits per heavy atom. The van der Waals surface area contributed by atoms with Crippen LogP contribution in [-0.2, 0) is 9.59 Å². The molecule has 1 saturated heterocycles. The smallest absolute Gasteiger partial charge is 0.307 e. The van der Waals surface area contributed by atoms with E-state index in [1.165, 1.54) is 0 Å². The lowest BCUT2D eigenvalue weighted by molar-refractivity contribution is -0.149. The van der Waals surface area contributed by atoms with Crippen LogP contribution in [0.3, 0.4) is 0 Å². The van der Waals surface area contributed by atoms with E-state index < -0.39 is 17.8 Å². The maximum Gasteiger partial charge on any atom is 0.307 e. The molecule has 3 aliphatic rings. The van der Waals surface area contributed by atoms with Crippen LogP contribution in [-0.4, -0.2) is 60.1 Å². The largest absolute Gasteiger partial charge is 0.481 e. The number of hydrogen-bond acceptors (Lipinski definition) is 4. The molecule has 0 unspecified atom stereocenters. The fourth-order valence-electron chi connectivity index (χ4n) is 3.66. The Kier molecular flexibility index (Phi) is 3.52. The summed E-state index contributed by atoms with van der Waals surface area (Å²) in [5.74, 6) is -1.83. The van der Waals surface area contributed by atoms with Gasteiger partial charge in [0, 0.05) is 26.2 Å². The highest BCUT2D eigenvalue weighted by atomic mass is 16.4. The summed E-state index contributed by atoms with van der Waals surface area (Å²) in [6, 6.07) is 0. The lowest BCUT2D eigenvalue weighted by atomic mass is 9.82. The van der Waals surface area contributed by atoms with E-state index in [2.05, 4.69) is 17.4 Å². The zero-order chi connectivity index (χ0) is 14.3. The van der Waals surface area contributed by atoms with Crippen molar-refractivity contribution < 1.29 is 14.7 Å². The Labute approximate surface area is 118 Å². The third-order valence-corrected chi connectivity index (χ3v) is 4.82. The van der Waals surface area contributed by atoms with Gasteiger partial charge in [-0.25, -0.2) is 5.01 Å². The van der Waals surface area contributed by atoms with Gasteiger partial charge in [-0.15, -0.1) is 0 Å². The molecule has 2 bridgehead atoms. The lowest BCUT2D eigenvalue weighted by Crippen LogP contribution is -2.55. The van der Waals surface area contributed by atoms with Crippen molar-refractivity contribution in [2.24, 2.45) is 23.7 Å². The van der Waals surface area contributed by atoms with Crippen molar-refractivity contribution in [3.8, 4) is 0 Å². The second-order valence-corrected chi connectivity index (χ2v) is 6.10. The van der Waals surface area contributed by atoms with Crippen molar-refractivity contribution in [2.45, 2.75) is 6.42 Å². The molecule has 3 rings (SSSR count). The minimum Gasteiger partial charge on any atom is -0.481 e. The number of hydrazine groups is 1. The van der Waals surface area contributed by atoms with Crippen LogP contribution in [0.5, 0.6) is 0 Å². The van der Waals surface area contributed by atoms with E-state index in [-0.39, 0.29) is 17.7 Å². The molecule has 1 heterocycles. The number of carboxylic acid groups (broad SMARTS) is 1. The Balaban J connectivity index is 1.64. The number of aliphatic carboxylic acids is 1. The van der Waals surface area contributed by atoms with E-state index in [9.17, 15) is 14.7 Å². The number of rotatable bonds is 3. The monoisotopic (exact) mass is 279 g/mol. The van der Waals surface area contributed by atoms with Gasteiger partial charge in [-0.1, -0.05) is 12.2 Å². The predicted molar refractivity (Wildman–Crippen MR) is 72.6 cm³/mol. The first kappa shape index (κ1) is 13.6. The van der Waals surface area contributed by atoms with Crippen LogP contribution in [0.4, 0.5) is 0 Å². The molecule has 0 aromatic rings. The lowest BCUT2D eigenvalue weighted by Gasteiger charge is -2.34. The predicted octanol–water partition coefficient (Wildman–Crippen LogP) is -0.212. The van der Waals surface area contributed by atoms with Crippen molar-refractivity contribution in [2.75, 3.05) is 33.2 Å². The minimum absolute atomic E-state index is 0.0285. The van der Waals surface area contributed by atoms with E-state index in [0.29, 0.717) is 0 Å². The molecular weight excluding hydrogens is 258 g/mol. The maximum absolute atomic E-state index is 12.4. The molecule has 0 spiro atoms. The van der Waals surface area contributed by atoms with Crippen molar-refractivity contribution >= 4 is 11.9 Å². The molecule has 110 valence electrons. The zero-order valence-corrected chi connectivity index (χ0v) is 11.7. The second-order valence-electron chi connectivity index (χ2n) is 6.10. The van der Waals surface area contributed by atoms with Crippen molar-refractivity contribution in [3.63, 3.8) is 0 Å². The number of hydrogen-bond donors (Lipinski definition) is 2. The first-order chi connectivity index (χ1) is 9.56.